The van der Waals surface area contributed by atoms with E-state index in [4.69, 9.17) is 0 Å². The van der Waals surface area contributed by atoms with Crippen molar-refractivity contribution < 1.29 is 4.79 Å². The van der Waals surface area contributed by atoms with Crippen molar-refractivity contribution in [1.82, 2.24) is 4.90 Å². The van der Waals surface area contributed by atoms with Crippen molar-refractivity contribution in [2.75, 3.05) is 23.8 Å². The topological polar surface area (TPSA) is 23.6 Å². The van der Waals surface area contributed by atoms with Gasteiger partial charge in [-0.1, -0.05) is 53.4 Å². The van der Waals surface area contributed by atoms with Gasteiger partial charge in [0, 0.05) is 25.5 Å². The molecule has 0 saturated heterocycles. The molecule has 0 N–H and O–H groups in total. The minimum Gasteiger partial charge on any atom is -0.323 e. The molecule has 1 saturated carbocycles. The van der Waals surface area contributed by atoms with Crippen molar-refractivity contribution in [2.45, 2.75) is 38.6 Å². The molecule has 0 atom stereocenters. The molecule has 2 aliphatic rings. The number of nitrogens with zero attached hydrogens (tertiary/aromatic N) is 2. The molecule has 1 aromatic carbocycles. The number of urea groups is 1. The normalized spacial score (nSPS) is 21.3. The van der Waals surface area contributed by atoms with E-state index in [9.17, 15) is 4.79 Å². The minimum absolute atomic E-state index is 0.139. The number of fused-ring (bicyclic) bond motifs is 1. The van der Waals surface area contributed by atoms with Crippen molar-refractivity contribution in [3.63, 3.8) is 0 Å². The van der Waals surface area contributed by atoms with E-state index >= 15 is 0 Å². The average molecular weight is 351 g/mol. The Balaban J connectivity index is 1.91. The second-order valence-corrected chi connectivity index (χ2v) is 7.11. The van der Waals surface area contributed by atoms with Gasteiger partial charge in [0.25, 0.3) is 0 Å². The molecule has 1 heterocycles. The van der Waals surface area contributed by atoms with E-state index in [1.54, 1.807) is 0 Å². The van der Waals surface area contributed by atoms with Gasteiger partial charge >= 0.3 is 6.03 Å². The molecule has 2 amide bonds. The van der Waals surface area contributed by atoms with E-state index in [0.29, 0.717) is 6.54 Å². The first-order valence-electron chi connectivity index (χ1n) is 7.82. The summed E-state index contributed by atoms with van der Waals surface area (Å²) in [6.07, 6.45) is 6.33. The number of alkyl halides is 1. The lowest BCUT2D eigenvalue weighted by Gasteiger charge is -2.43. The molecule has 0 radical (unpaired) electrons. The van der Waals surface area contributed by atoms with Gasteiger partial charge in [-0.15, -0.1) is 0 Å². The molecular weight excluding hydrogens is 328 g/mol. The third-order valence-electron chi connectivity index (χ3n) is 4.94. The Morgan fingerprint density at radius 3 is 2.62 bits per heavy atom. The van der Waals surface area contributed by atoms with Crippen LogP contribution in [0.4, 0.5) is 10.5 Å². The first kappa shape index (κ1) is 14.9. The summed E-state index contributed by atoms with van der Waals surface area (Å²) < 4.78 is 0. The van der Waals surface area contributed by atoms with Crippen LogP contribution in [0.2, 0.25) is 0 Å². The number of carbonyl (C=O) groups excluding carboxylic acids is 1. The third kappa shape index (κ3) is 2.83. The summed E-state index contributed by atoms with van der Waals surface area (Å²) in [7, 11) is 1.90. The highest BCUT2D eigenvalue weighted by Crippen LogP contribution is 2.41. The fourth-order valence-corrected chi connectivity index (χ4v) is 4.40. The number of hydrogen-bond acceptors (Lipinski definition) is 1. The van der Waals surface area contributed by atoms with E-state index in [-0.39, 0.29) is 11.4 Å². The van der Waals surface area contributed by atoms with E-state index in [1.807, 2.05) is 22.9 Å². The van der Waals surface area contributed by atoms with Gasteiger partial charge in [-0.3, -0.25) is 4.90 Å². The molecule has 1 aliphatic heterocycles. The fourth-order valence-electron chi connectivity index (χ4n) is 3.66. The van der Waals surface area contributed by atoms with E-state index in [1.165, 1.54) is 37.7 Å². The van der Waals surface area contributed by atoms with E-state index < -0.39 is 0 Å². The van der Waals surface area contributed by atoms with Crippen LogP contribution in [-0.2, 0) is 6.54 Å². The van der Waals surface area contributed by atoms with Crippen LogP contribution >= 0.6 is 15.9 Å². The maximum absolute atomic E-state index is 12.7. The second kappa shape index (κ2) is 5.99. The van der Waals surface area contributed by atoms with Crippen LogP contribution < -0.4 is 4.90 Å². The molecule has 1 aromatic rings. The van der Waals surface area contributed by atoms with Crippen LogP contribution in [0, 0.1) is 5.41 Å². The Morgan fingerprint density at radius 1 is 1.19 bits per heavy atom. The summed E-state index contributed by atoms with van der Waals surface area (Å²) >= 11 is 3.72. The highest BCUT2D eigenvalue weighted by atomic mass is 79.9. The van der Waals surface area contributed by atoms with Crippen LogP contribution in [0.3, 0.4) is 0 Å². The first-order chi connectivity index (χ1) is 10.2. The first-order valence-corrected chi connectivity index (χ1v) is 8.94. The summed E-state index contributed by atoms with van der Waals surface area (Å²) in [5.41, 5.74) is 2.59. The van der Waals surface area contributed by atoms with Crippen LogP contribution in [0.25, 0.3) is 0 Å². The van der Waals surface area contributed by atoms with Crippen LogP contribution in [0.1, 0.15) is 37.7 Å². The predicted octanol–water partition coefficient (Wildman–Crippen LogP) is 4.40. The van der Waals surface area contributed by atoms with Crippen LogP contribution in [0.5, 0.6) is 0 Å². The molecule has 3 nitrogen and oxygen atoms in total. The van der Waals surface area contributed by atoms with Gasteiger partial charge in [0.05, 0.1) is 5.69 Å². The molecule has 21 heavy (non-hydrogen) atoms. The van der Waals surface area contributed by atoms with Crippen molar-refractivity contribution in [3.8, 4) is 0 Å². The highest BCUT2D eigenvalue weighted by Gasteiger charge is 2.37. The molecule has 0 unspecified atom stereocenters. The Labute approximate surface area is 135 Å². The zero-order valence-corrected chi connectivity index (χ0v) is 14.2. The molecule has 0 spiro atoms. The predicted molar refractivity (Wildman–Crippen MR) is 90.0 cm³/mol. The van der Waals surface area contributed by atoms with Crippen molar-refractivity contribution in [2.24, 2.45) is 5.41 Å². The van der Waals surface area contributed by atoms with Gasteiger partial charge in [-0.05, 0) is 29.9 Å². The van der Waals surface area contributed by atoms with Gasteiger partial charge < -0.3 is 4.90 Å². The molecule has 1 fully saturated rings. The van der Waals surface area contributed by atoms with E-state index in [0.717, 1.165) is 17.6 Å². The van der Waals surface area contributed by atoms with Crippen LogP contribution in [0.15, 0.2) is 24.3 Å². The molecule has 3 rings (SSSR count). The van der Waals surface area contributed by atoms with Gasteiger partial charge in [0.2, 0.25) is 0 Å². The van der Waals surface area contributed by atoms with Gasteiger partial charge in [-0.2, -0.15) is 0 Å². The monoisotopic (exact) mass is 350 g/mol. The Kier molecular flexibility index (Phi) is 4.25. The van der Waals surface area contributed by atoms with Crippen LogP contribution in [-0.4, -0.2) is 29.9 Å². The summed E-state index contributed by atoms with van der Waals surface area (Å²) in [5.74, 6) is 0. The molecule has 0 bridgehead atoms. The number of para-hydroxylation sites is 1. The molecule has 4 heteroatoms. The minimum atomic E-state index is 0.139. The number of hydrogen-bond donors (Lipinski definition) is 0. The number of halogens is 1. The summed E-state index contributed by atoms with van der Waals surface area (Å²) in [6.45, 7) is 1.55. The number of carbonyl (C=O) groups is 1. The lowest BCUT2D eigenvalue weighted by molar-refractivity contribution is 0.193. The summed E-state index contributed by atoms with van der Waals surface area (Å²) in [4.78, 5) is 16.5. The number of benzene rings is 1. The smallest absolute Gasteiger partial charge is 0.323 e. The molecule has 0 aromatic heterocycles. The molecular formula is C17H23BrN2O. The zero-order chi connectivity index (χ0) is 14.9. The lowest BCUT2D eigenvalue weighted by Crippen LogP contribution is -2.50. The Morgan fingerprint density at radius 2 is 1.90 bits per heavy atom. The van der Waals surface area contributed by atoms with Gasteiger partial charge in [-0.25, -0.2) is 4.79 Å². The quantitative estimate of drug-likeness (QED) is 0.741. The molecule has 1 aliphatic carbocycles. The van der Waals surface area contributed by atoms with Crippen molar-refractivity contribution >= 4 is 27.6 Å². The van der Waals surface area contributed by atoms with Gasteiger partial charge in [0.15, 0.2) is 0 Å². The average Bonchev–Trinajstić information content (AvgIpc) is 2.53. The highest BCUT2D eigenvalue weighted by molar-refractivity contribution is 9.09. The maximum Gasteiger partial charge on any atom is 0.324 e. The maximum atomic E-state index is 12.7. The van der Waals surface area contributed by atoms with Crippen molar-refractivity contribution in [1.29, 1.82) is 0 Å². The van der Waals surface area contributed by atoms with E-state index in [2.05, 4.69) is 34.1 Å². The molecule has 114 valence electrons. The Bertz CT molecular complexity index is 525. The van der Waals surface area contributed by atoms with Crippen molar-refractivity contribution in [3.05, 3.63) is 29.8 Å². The summed E-state index contributed by atoms with van der Waals surface area (Å²) in [5, 5.41) is 0.982. The fraction of sp³-hybridized carbons (Fsp3) is 0.588. The SMILES string of the molecule is CN1Cc2ccccc2N(CC2(CBr)CCCCC2)C1=O. The standard InChI is InChI=1S/C17H23BrN2O/c1-19-11-14-7-3-4-8-15(14)20(16(19)21)13-17(12-18)9-5-2-6-10-17/h3-4,7-8H,2,5-6,9-13H2,1H3. The number of rotatable bonds is 3. The summed E-state index contributed by atoms with van der Waals surface area (Å²) in [6, 6.07) is 8.45. The second-order valence-electron chi connectivity index (χ2n) is 6.55. The number of anilines is 1. The van der Waals surface area contributed by atoms with Gasteiger partial charge in [0.1, 0.15) is 0 Å². The third-order valence-corrected chi connectivity index (χ3v) is 6.13. The zero-order valence-electron chi connectivity index (χ0n) is 12.6. The largest absolute Gasteiger partial charge is 0.324 e. The number of amides is 2. The lowest BCUT2D eigenvalue weighted by atomic mass is 9.75. The Hall–Kier alpha value is -1.03.